The Bertz CT molecular complexity index is 1030. The largest absolute Gasteiger partial charge is 0.461 e. The molecule has 0 aliphatic rings. The molecule has 0 saturated heterocycles. The highest BCUT2D eigenvalue weighted by atomic mass is 16.5. The molecule has 148 valence electrons. The van der Waals surface area contributed by atoms with Gasteiger partial charge in [0, 0.05) is 6.42 Å². The molecule has 0 amide bonds. The third kappa shape index (κ3) is 5.30. The zero-order chi connectivity index (χ0) is 20.6. The molecule has 0 saturated carbocycles. The van der Waals surface area contributed by atoms with E-state index in [0.29, 0.717) is 11.1 Å². The Balaban J connectivity index is 1.78. The maximum absolute atomic E-state index is 12.4. The van der Waals surface area contributed by atoms with Crippen LogP contribution in [-0.2, 0) is 9.53 Å². The molecule has 3 aromatic rings. The molecule has 2 N–H and O–H groups in total. The minimum Gasteiger partial charge on any atom is -0.461 e. The Hall–Kier alpha value is -3.44. The van der Waals surface area contributed by atoms with Gasteiger partial charge in [-0.05, 0) is 41.0 Å². The second-order valence-corrected chi connectivity index (χ2v) is 6.60. The molecule has 3 rings (SSSR count). The molecule has 5 heteroatoms. The van der Waals surface area contributed by atoms with E-state index < -0.39 is 12.1 Å². The van der Waals surface area contributed by atoms with E-state index in [0.717, 1.165) is 16.5 Å². The summed E-state index contributed by atoms with van der Waals surface area (Å²) in [5.74, 6) is -0.540. The van der Waals surface area contributed by atoms with E-state index in [2.05, 4.69) is 17.1 Å². The van der Waals surface area contributed by atoms with Crippen molar-refractivity contribution >= 4 is 28.1 Å². The topological polar surface area (TPSA) is 70.9 Å². The Labute approximate surface area is 170 Å². The lowest BCUT2D eigenvalue weighted by Crippen LogP contribution is -2.21. The van der Waals surface area contributed by atoms with E-state index in [1.807, 2.05) is 72.8 Å². The van der Waals surface area contributed by atoms with Crippen LogP contribution in [0.2, 0.25) is 0 Å². The molecular formula is C24H24N2O3. The number of hydrogen-bond acceptors (Lipinski definition) is 5. The second kappa shape index (κ2) is 9.66. The van der Waals surface area contributed by atoms with Crippen LogP contribution >= 0.6 is 0 Å². The van der Waals surface area contributed by atoms with Crippen LogP contribution in [0.1, 0.15) is 25.0 Å². The summed E-state index contributed by atoms with van der Waals surface area (Å²) in [7, 11) is 0. The van der Waals surface area contributed by atoms with E-state index in [4.69, 9.17) is 4.74 Å². The minimum absolute atomic E-state index is 0.0927. The molecule has 29 heavy (non-hydrogen) atoms. The molecule has 1 atom stereocenters. The molecule has 0 fully saturated rings. The van der Waals surface area contributed by atoms with Crippen LogP contribution in [0.5, 0.6) is 0 Å². The predicted octanol–water partition coefficient (Wildman–Crippen LogP) is 4.85. The highest BCUT2D eigenvalue weighted by Crippen LogP contribution is 2.23. The number of aliphatic hydroxyl groups is 1. The van der Waals surface area contributed by atoms with Gasteiger partial charge in [-0.15, -0.1) is 0 Å². The number of hydrazone groups is 1. The van der Waals surface area contributed by atoms with Gasteiger partial charge in [0.15, 0.2) is 0 Å². The lowest BCUT2D eigenvalue weighted by Gasteiger charge is -2.15. The molecule has 5 nitrogen and oxygen atoms in total. The smallest absolute Gasteiger partial charge is 0.354 e. The normalized spacial score (nSPS) is 12.4. The van der Waals surface area contributed by atoms with Crippen LogP contribution < -0.4 is 5.43 Å². The van der Waals surface area contributed by atoms with Gasteiger partial charge in [-0.2, -0.15) is 5.10 Å². The molecule has 0 heterocycles. The molecule has 1 unspecified atom stereocenters. The van der Waals surface area contributed by atoms with Crippen molar-refractivity contribution in [2.45, 2.75) is 19.4 Å². The minimum atomic E-state index is -0.892. The van der Waals surface area contributed by atoms with Gasteiger partial charge >= 0.3 is 5.97 Å². The first-order chi connectivity index (χ1) is 14.1. The van der Waals surface area contributed by atoms with Crippen LogP contribution in [0.15, 0.2) is 90.0 Å². The number of nitrogens with one attached hydrogen (secondary N) is 1. The first-order valence-corrected chi connectivity index (χ1v) is 9.47. The van der Waals surface area contributed by atoms with Gasteiger partial charge in [0.1, 0.15) is 11.8 Å². The van der Waals surface area contributed by atoms with Crippen LogP contribution in [0, 0.1) is 0 Å². The Morgan fingerprint density at radius 2 is 1.76 bits per heavy atom. The molecule has 0 spiro atoms. The zero-order valence-electron chi connectivity index (χ0n) is 16.3. The van der Waals surface area contributed by atoms with E-state index in [1.165, 1.54) is 0 Å². The van der Waals surface area contributed by atoms with Crippen LogP contribution in [0.4, 0.5) is 5.69 Å². The SMILES string of the molecule is C=C(CC(=NNc1ccc2ccccc2c1)C(=O)OCC)C(O)c1ccccc1. The van der Waals surface area contributed by atoms with Crippen LogP contribution in [0.25, 0.3) is 10.8 Å². The van der Waals surface area contributed by atoms with Gasteiger partial charge in [-0.3, -0.25) is 5.43 Å². The third-order valence-corrected chi connectivity index (χ3v) is 4.48. The van der Waals surface area contributed by atoms with Gasteiger partial charge in [-0.1, -0.05) is 67.2 Å². The molecule has 0 aromatic heterocycles. The third-order valence-electron chi connectivity index (χ3n) is 4.48. The summed E-state index contributed by atoms with van der Waals surface area (Å²) in [6, 6.07) is 23.0. The number of rotatable bonds is 8. The number of hydrogen-bond donors (Lipinski definition) is 2. The summed E-state index contributed by atoms with van der Waals surface area (Å²) in [5, 5.41) is 17.0. The number of esters is 1. The Morgan fingerprint density at radius 3 is 2.48 bits per heavy atom. The lowest BCUT2D eigenvalue weighted by atomic mass is 9.98. The van der Waals surface area contributed by atoms with Crippen molar-refractivity contribution in [3.8, 4) is 0 Å². The lowest BCUT2D eigenvalue weighted by molar-refractivity contribution is -0.135. The summed E-state index contributed by atoms with van der Waals surface area (Å²) in [6.45, 7) is 5.92. The number of carbonyl (C=O) groups excluding carboxylic acids is 1. The molecule has 0 aliphatic carbocycles. The van der Waals surface area contributed by atoms with Gasteiger partial charge in [0.2, 0.25) is 0 Å². The molecule has 0 bridgehead atoms. The summed E-state index contributed by atoms with van der Waals surface area (Å²) >= 11 is 0. The monoisotopic (exact) mass is 388 g/mol. The van der Waals surface area contributed by atoms with E-state index in [1.54, 1.807) is 6.92 Å². The Kier molecular flexibility index (Phi) is 6.76. The summed E-state index contributed by atoms with van der Waals surface area (Å²) < 4.78 is 5.12. The highest BCUT2D eigenvalue weighted by Gasteiger charge is 2.19. The predicted molar refractivity (Wildman–Crippen MR) is 117 cm³/mol. The first kappa shape index (κ1) is 20.3. The molecule has 0 radical (unpaired) electrons. The number of nitrogens with zero attached hydrogens (tertiary/aromatic N) is 1. The fourth-order valence-corrected chi connectivity index (χ4v) is 2.95. The van der Waals surface area contributed by atoms with Crippen molar-refractivity contribution in [1.82, 2.24) is 0 Å². The van der Waals surface area contributed by atoms with Crippen molar-refractivity contribution in [3.05, 3.63) is 90.5 Å². The van der Waals surface area contributed by atoms with E-state index >= 15 is 0 Å². The zero-order valence-corrected chi connectivity index (χ0v) is 16.3. The standard InChI is InChI=1S/C24H24N2O3/c1-3-29-24(28)22(15-17(2)23(27)19-10-5-4-6-11-19)26-25-21-14-13-18-9-7-8-12-20(18)16-21/h4-14,16,23,25,27H,2-3,15H2,1H3. The van der Waals surface area contributed by atoms with Crippen molar-refractivity contribution in [1.29, 1.82) is 0 Å². The van der Waals surface area contributed by atoms with E-state index in [9.17, 15) is 9.90 Å². The molecule has 3 aromatic carbocycles. The number of aliphatic hydroxyl groups excluding tert-OH is 1. The average molecular weight is 388 g/mol. The first-order valence-electron chi connectivity index (χ1n) is 9.47. The van der Waals surface area contributed by atoms with Gasteiger partial charge in [0.25, 0.3) is 0 Å². The Morgan fingerprint density at radius 1 is 1.07 bits per heavy atom. The van der Waals surface area contributed by atoms with Gasteiger partial charge in [-0.25, -0.2) is 4.79 Å². The quantitative estimate of drug-likeness (QED) is 0.250. The number of fused-ring (bicyclic) bond motifs is 1. The van der Waals surface area contributed by atoms with Crippen molar-refractivity contribution in [2.24, 2.45) is 5.10 Å². The summed E-state index contributed by atoms with van der Waals surface area (Å²) in [4.78, 5) is 12.4. The van der Waals surface area contributed by atoms with Crippen molar-refractivity contribution < 1.29 is 14.6 Å². The number of benzene rings is 3. The molecular weight excluding hydrogens is 364 g/mol. The van der Waals surface area contributed by atoms with Crippen molar-refractivity contribution in [3.63, 3.8) is 0 Å². The number of anilines is 1. The number of ether oxygens (including phenoxy) is 1. The fraction of sp³-hybridized carbons (Fsp3) is 0.167. The summed E-state index contributed by atoms with van der Waals surface area (Å²) in [6.07, 6.45) is -0.799. The summed E-state index contributed by atoms with van der Waals surface area (Å²) in [5.41, 5.74) is 5.00. The fourth-order valence-electron chi connectivity index (χ4n) is 2.95. The van der Waals surface area contributed by atoms with Crippen LogP contribution in [0.3, 0.4) is 0 Å². The van der Waals surface area contributed by atoms with Gasteiger partial charge < -0.3 is 9.84 Å². The van der Waals surface area contributed by atoms with Gasteiger partial charge in [0.05, 0.1) is 12.3 Å². The molecule has 0 aliphatic heterocycles. The average Bonchev–Trinajstić information content (AvgIpc) is 2.76. The van der Waals surface area contributed by atoms with Crippen molar-refractivity contribution in [2.75, 3.05) is 12.0 Å². The maximum atomic E-state index is 12.4. The highest BCUT2D eigenvalue weighted by molar-refractivity contribution is 6.37. The maximum Gasteiger partial charge on any atom is 0.354 e. The van der Waals surface area contributed by atoms with Crippen LogP contribution in [-0.4, -0.2) is 23.4 Å². The number of carbonyl (C=O) groups is 1. The second-order valence-electron chi connectivity index (χ2n) is 6.60. The van der Waals surface area contributed by atoms with E-state index in [-0.39, 0.29) is 18.7 Å².